The first kappa shape index (κ1) is 11.0. The van der Waals surface area contributed by atoms with Gasteiger partial charge in [-0.15, -0.1) is 0 Å². The van der Waals surface area contributed by atoms with E-state index in [0.717, 1.165) is 12.8 Å². The second-order valence-corrected chi connectivity index (χ2v) is 7.10. The van der Waals surface area contributed by atoms with Gasteiger partial charge in [0.15, 0.2) is 9.84 Å². The average Bonchev–Trinajstić information content (AvgIpc) is 2.31. The monoisotopic (exact) mass is 205 g/mol. The molecule has 1 unspecified atom stereocenters. The molecule has 1 saturated heterocycles. The van der Waals surface area contributed by atoms with Crippen LogP contribution in [-0.4, -0.2) is 26.0 Å². The summed E-state index contributed by atoms with van der Waals surface area (Å²) in [6, 6.07) is 0. The van der Waals surface area contributed by atoms with Crippen molar-refractivity contribution >= 4 is 9.84 Å². The number of sulfone groups is 1. The molecular formula is C9H19NO2S. The molecule has 0 aromatic heterocycles. The van der Waals surface area contributed by atoms with E-state index in [2.05, 4.69) is 0 Å². The third-order valence-corrected chi connectivity index (χ3v) is 5.07. The van der Waals surface area contributed by atoms with E-state index >= 15 is 0 Å². The van der Waals surface area contributed by atoms with Crippen LogP contribution in [0.2, 0.25) is 0 Å². The third-order valence-electron chi connectivity index (χ3n) is 2.80. The molecule has 1 aliphatic rings. The van der Waals surface area contributed by atoms with Crippen LogP contribution in [0.5, 0.6) is 0 Å². The average molecular weight is 205 g/mol. The molecule has 0 amide bonds. The third kappa shape index (κ3) is 2.68. The van der Waals surface area contributed by atoms with E-state index in [1.165, 1.54) is 0 Å². The van der Waals surface area contributed by atoms with Crippen LogP contribution >= 0.6 is 0 Å². The summed E-state index contributed by atoms with van der Waals surface area (Å²) in [6.45, 7) is 4.61. The Morgan fingerprint density at radius 2 is 2.08 bits per heavy atom. The lowest BCUT2D eigenvalue weighted by atomic mass is 9.87. The molecule has 1 fully saturated rings. The zero-order valence-electron chi connectivity index (χ0n) is 8.41. The zero-order valence-corrected chi connectivity index (χ0v) is 9.23. The molecule has 0 aromatic rings. The molecule has 2 N–H and O–H groups in total. The van der Waals surface area contributed by atoms with E-state index in [4.69, 9.17) is 5.73 Å². The molecule has 0 aromatic carbocycles. The Morgan fingerprint density at radius 1 is 1.46 bits per heavy atom. The van der Waals surface area contributed by atoms with Gasteiger partial charge in [-0.2, -0.15) is 0 Å². The SMILES string of the molecule is CC(C)(CN)CC1CCCS1(=O)=O. The summed E-state index contributed by atoms with van der Waals surface area (Å²) in [5.74, 6) is 0.373. The van der Waals surface area contributed by atoms with Gasteiger partial charge in [-0.05, 0) is 31.2 Å². The Bertz CT molecular complexity index is 269. The van der Waals surface area contributed by atoms with Crippen molar-refractivity contribution in [3.8, 4) is 0 Å². The van der Waals surface area contributed by atoms with E-state index in [9.17, 15) is 8.42 Å². The summed E-state index contributed by atoms with van der Waals surface area (Å²) < 4.78 is 23.0. The molecule has 0 radical (unpaired) electrons. The van der Waals surface area contributed by atoms with Crippen LogP contribution < -0.4 is 5.73 Å². The molecule has 0 bridgehead atoms. The van der Waals surface area contributed by atoms with Gasteiger partial charge in [0.05, 0.1) is 11.0 Å². The first-order valence-electron chi connectivity index (χ1n) is 4.79. The normalized spacial score (nSPS) is 27.8. The van der Waals surface area contributed by atoms with Crippen molar-refractivity contribution in [1.29, 1.82) is 0 Å². The van der Waals surface area contributed by atoms with Crippen LogP contribution in [-0.2, 0) is 9.84 Å². The van der Waals surface area contributed by atoms with E-state index in [-0.39, 0.29) is 10.7 Å². The molecule has 0 spiro atoms. The van der Waals surface area contributed by atoms with Gasteiger partial charge in [0.25, 0.3) is 0 Å². The van der Waals surface area contributed by atoms with Crippen molar-refractivity contribution in [2.45, 2.75) is 38.4 Å². The fourth-order valence-electron chi connectivity index (χ4n) is 1.79. The number of nitrogens with two attached hydrogens (primary N) is 1. The second-order valence-electron chi connectivity index (χ2n) is 4.70. The molecule has 13 heavy (non-hydrogen) atoms. The molecule has 1 atom stereocenters. The number of hydrogen-bond donors (Lipinski definition) is 1. The maximum absolute atomic E-state index is 11.5. The molecule has 1 rings (SSSR count). The zero-order chi connectivity index (χ0) is 10.1. The molecular weight excluding hydrogens is 186 g/mol. The van der Waals surface area contributed by atoms with Crippen molar-refractivity contribution in [1.82, 2.24) is 0 Å². The van der Waals surface area contributed by atoms with E-state index in [1.807, 2.05) is 13.8 Å². The Balaban J connectivity index is 2.65. The highest BCUT2D eigenvalue weighted by molar-refractivity contribution is 7.92. The number of hydrogen-bond acceptors (Lipinski definition) is 3. The highest BCUT2D eigenvalue weighted by atomic mass is 32.2. The number of rotatable bonds is 3. The predicted octanol–water partition coefficient (Wildman–Crippen LogP) is 0.939. The minimum absolute atomic E-state index is 0.0396. The van der Waals surface area contributed by atoms with Gasteiger partial charge in [0, 0.05) is 0 Å². The summed E-state index contributed by atoms with van der Waals surface area (Å²) in [6.07, 6.45) is 2.37. The molecule has 4 heteroatoms. The van der Waals surface area contributed by atoms with Gasteiger partial charge in [0.2, 0.25) is 0 Å². The first-order chi connectivity index (χ1) is 5.87. The van der Waals surface area contributed by atoms with E-state index in [0.29, 0.717) is 18.7 Å². The second kappa shape index (κ2) is 3.58. The van der Waals surface area contributed by atoms with Crippen molar-refractivity contribution in [3.63, 3.8) is 0 Å². The highest BCUT2D eigenvalue weighted by Crippen LogP contribution is 2.31. The smallest absolute Gasteiger partial charge is 0.153 e. The van der Waals surface area contributed by atoms with Gasteiger partial charge in [-0.25, -0.2) is 8.42 Å². The quantitative estimate of drug-likeness (QED) is 0.746. The van der Waals surface area contributed by atoms with Gasteiger partial charge in [-0.3, -0.25) is 0 Å². The minimum atomic E-state index is -2.79. The van der Waals surface area contributed by atoms with Crippen LogP contribution in [0.1, 0.15) is 33.1 Å². The van der Waals surface area contributed by atoms with Gasteiger partial charge >= 0.3 is 0 Å². The first-order valence-corrected chi connectivity index (χ1v) is 6.50. The van der Waals surface area contributed by atoms with E-state index < -0.39 is 9.84 Å². The minimum Gasteiger partial charge on any atom is -0.330 e. The largest absolute Gasteiger partial charge is 0.330 e. The Hall–Kier alpha value is -0.0900. The molecule has 78 valence electrons. The molecule has 3 nitrogen and oxygen atoms in total. The fourth-order valence-corrected chi connectivity index (χ4v) is 3.92. The lowest BCUT2D eigenvalue weighted by Crippen LogP contribution is -2.30. The Kier molecular flexibility index (Phi) is 3.02. The van der Waals surface area contributed by atoms with Crippen molar-refractivity contribution in [2.75, 3.05) is 12.3 Å². The van der Waals surface area contributed by atoms with Gasteiger partial charge in [-0.1, -0.05) is 13.8 Å². The van der Waals surface area contributed by atoms with Crippen LogP contribution in [0.25, 0.3) is 0 Å². The van der Waals surface area contributed by atoms with Crippen LogP contribution in [0.4, 0.5) is 0 Å². The van der Waals surface area contributed by atoms with Crippen molar-refractivity contribution < 1.29 is 8.42 Å². The fraction of sp³-hybridized carbons (Fsp3) is 1.00. The summed E-state index contributed by atoms with van der Waals surface area (Å²) >= 11 is 0. The van der Waals surface area contributed by atoms with E-state index in [1.54, 1.807) is 0 Å². The van der Waals surface area contributed by atoms with Crippen molar-refractivity contribution in [3.05, 3.63) is 0 Å². The van der Waals surface area contributed by atoms with Gasteiger partial charge in [0.1, 0.15) is 0 Å². The maximum atomic E-state index is 11.5. The maximum Gasteiger partial charge on any atom is 0.153 e. The lowest BCUT2D eigenvalue weighted by Gasteiger charge is -2.25. The molecule has 0 aliphatic carbocycles. The molecule has 1 aliphatic heterocycles. The summed E-state index contributed by atoms with van der Waals surface area (Å²) in [4.78, 5) is 0. The van der Waals surface area contributed by atoms with Crippen molar-refractivity contribution in [2.24, 2.45) is 11.1 Å². The summed E-state index contributed by atoms with van der Waals surface area (Å²) in [5.41, 5.74) is 5.54. The topological polar surface area (TPSA) is 60.2 Å². The summed E-state index contributed by atoms with van der Waals surface area (Å²) in [5, 5.41) is -0.133. The Labute approximate surface area is 80.6 Å². The standard InChI is InChI=1S/C9H19NO2S/c1-9(2,7-10)6-8-4-3-5-13(8,11)12/h8H,3-7,10H2,1-2H3. The highest BCUT2D eigenvalue weighted by Gasteiger charge is 2.35. The van der Waals surface area contributed by atoms with Gasteiger partial charge < -0.3 is 5.73 Å². The Morgan fingerprint density at radius 3 is 2.46 bits per heavy atom. The molecule has 0 saturated carbocycles. The van der Waals surface area contributed by atoms with Crippen LogP contribution in [0.3, 0.4) is 0 Å². The molecule has 1 heterocycles. The van der Waals surface area contributed by atoms with Crippen LogP contribution in [0.15, 0.2) is 0 Å². The predicted molar refractivity (Wildman–Crippen MR) is 54.3 cm³/mol. The summed E-state index contributed by atoms with van der Waals surface area (Å²) in [7, 11) is -2.79. The lowest BCUT2D eigenvalue weighted by molar-refractivity contribution is 0.336. The van der Waals surface area contributed by atoms with Crippen LogP contribution in [0, 0.1) is 5.41 Å².